The van der Waals surface area contributed by atoms with Gasteiger partial charge in [-0.15, -0.1) is 0 Å². The van der Waals surface area contributed by atoms with E-state index in [0.29, 0.717) is 17.9 Å². The van der Waals surface area contributed by atoms with E-state index in [1.54, 1.807) is 61.7 Å². The summed E-state index contributed by atoms with van der Waals surface area (Å²) in [7, 11) is 1.65. The molecule has 5 nitrogen and oxygen atoms in total. The molecule has 0 spiro atoms. The Bertz CT molecular complexity index is 733. The molecule has 2 aromatic rings. The van der Waals surface area contributed by atoms with Crippen molar-refractivity contribution < 1.29 is 19.4 Å². The number of phenols is 1. The Labute approximate surface area is 140 Å². The highest BCUT2D eigenvalue weighted by molar-refractivity contribution is 6.06. The van der Waals surface area contributed by atoms with Crippen LogP contribution >= 0.6 is 0 Å². The average molecular weight is 325 g/mol. The molecule has 0 bridgehead atoms. The van der Waals surface area contributed by atoms with E-state index in [-0.39, 0.29) is 11.5 Å². The summed E-state index contributed by atoms with van der Waals surface area (Å²) in [6, 6.07) is 12.9. The monoisotopic (exact) mass is 325 g/mol. The Morgan fingerprint density at radius 3 is 2.29 bits per heavy atom. The number of benzene rings is 2. The van der Waals surface area contributed by atoms with Gasteiger partial charge in [-0.3, -0.25) is 4.79 Å². The number of amides is 1. The Kier molecular flexibility index (Phi) is 5.73. The number of hydrogen-bond acceptors (Lipinski definition) is 4. The molecular weight excluding hydrogens is 306 g/mol. The van der Waals surface area contributed by atoms with E-state index < -0.39 is 6.09 Å². The minimum Gasteiger partial charge on any atom is -0.508 e. The summed E-state index contributed by atoms with van der Waals surface area (Å²) in [6.45, 7) is 2.40. The molecule has 0 unspecified atom stereocenters. The number of phenolic OH excluding ortho intramolecular Hbond substituents is 1. The quantitative estimate of drug-likeness (QED) is 0.672. The van der Waals surface area contributed by atoms with Gasteiger partial charge in [0.25, 0.3) is 0 Å². The lowest BCUT2D eigenvalue weighted by Gasteiger charge is -2.14. The number of hydrogen-bond donors (Lipinski definition) is 1. The van der Waals surface area contributed by atoms with Crippen molar-refractivity contribution in [1.82, 2.24) is 4.90 Å². The minimum atomic E-state index is -0.441. The van der Waals surface area contributed by atoms with E-state index in [2.05, 4.69) is 0 Å². The summed E-state index contributed by atoms with van der Waals surface area (Å²) in [5.74, 6) is 0.406. The van der Waals surface area contributed by atoms with Gasteiger partial charge in [0.15, 0.2) is 5.78 Å². The van der Waals surface area contributed by atoms with Crippen LogP contribution in [0.2, 0.25) is 0 Å². The first-order chi connectivity index (χ1) is 11.5. The first-order valence-electron chi connectivity index (χ1n) is 7.54. The highest BCUT2D eigenvalue weighted by atomic mass is 16.6. The van der Waals surface area contributed by atoms with Crippen LogP contribution < -0.4 is 4.74 Å². The Morgan fingerprint density at radius 1 is 1.08 bits per heavy atom. The maximum atomic E-state index is 12.1. The summed E-state index contributed by atoms with van der Waals surface area (Å²) >= 11 is 0. The fraction of sp³-hybridized carbons (Fsp3) is 0.158. The zero-order valence-electron chi connectivity index (χ0n) is 13.6. The fourth-order valence-electron chi connectivity index (χ4n) is 1.85. The largest absolute Gasteiger partial charge is 0.508 e. The zero-order valence-corrected chi connectivity index (χ0v) is 13.6. The fourth-order valence-corrected chi connectivity index (χ4v) is 1.85. The number of nitrogens with zero attached hydrogens (tertiary/aromatic N) is 1. The first-order valence-corrected chi connectivity index (χ1v) is 7.54. The molecule has 0 saturated carbocycles. The maximum absolute atomic E-state index is 12.1. The molecule has 0 aliphatic rings. The SMILES string of the molecule is CCN(C)C(=O)Oc1ccc(C(=O)/C=C/c2ccc(O)cc2)cc1. The molecule has 0 atom stereocenters. The molecule has 5 heteroatoms. The number of ether oxygens (including phenoxy) is 1. The molecule has 1 amide bonds. The van der Waals surface area contributed by atoms with E-state index in [9.17, 15) is 14.7 Å². The summed E-state index contributed by atoms with van der Waals surface area (Å²) in [4.78, 5) is 25.2. The molecule has 0 fully saturated rings. The van der Waals surface area contributed by atoms with Crippen molar-refractivity contribution in [2.45, 2.75) is 6.92 Å². The molecule has 124 valence electrons. The second-order valence-corrected chi connectivity index (χ2v) is 5.20. The van der Waals surface area contributed by atoms with Gasteiger partial charge in [-0.05, 0) is 55.0 Å². The number of carbonyl (C=O) groups excluding carboxylic acids is 2. The third-order valence-corrected chi connectivity index (χ3v) is 3.45. The van der Waals surface area contributed by atoms with Gasteiger partial charge in [-0.25, -0.2) is 4.79 Å². The molecular formula is C19H19NO4. The Balaban J connectivity index is 2.00. The predicted molar refractivity (Wildman–Crippen MR) is 92.2 cm³/mol. The summed E-state index contributed by atoms with van der Waals surface area (Å²) in [6.07, 6.45) is 2.69. The van der Waals surface area contributed by atoms with Crippen molar-refractivity contribution in [1.29, 1.82) is 0 Å². The molecule has 0 aliphatic heterocycles. The van der Waals surface area contributed by atoms with E-state index in [1.165, 1.54) is 11.0 Å². The van der Waals surface area contributed by atoms with Gasteiger partial charge in [-0.2, -0.15) is 0 Å². The molecule has 0 saturated heterocycles. The van der Waals surface area contributed by atoms with Gasteiger partial charge in [0, 0.05) is 19.2 Å². The van der Waals surface area contributed by atoms with Crippen molar-refractivity contribution >= 4 is 18.0 Å². The zero-order chi connectivity index (χ0) is 17.5. The number of aromatic hydroxyl groups is 1. The molecule has 24 heavy (non-hydrogen) atoms. The van der Waals surface area contributed by atoms with Crippen molar-refractivity contribution in [3.05, 3.63) is 65.7 Å². The Morgan fingerprint density at radius 2 is 1.71 bits per heavy atom. The smallest absolute Gasteiger partial charge is 0.414 e. The van der Waals surface area contributed by atoms with Crippen molar-refractivity contribution in [3.63, 3.8) is 0 Å². The molecule has 0 aromatic heterocycles. The van der Waals surface area contributed by atoms with Crippen molar-refractivity contribution in [3.8, 4) is 11.5 Å². The van der Waals surface area contributed by atoms with Crippen LogP contribution in [0.5, 0.6) is 11.5 Å². The Hall–Kier alpha value is -3.08. The molecule has 2 aromatic carbocycles. The van der Waals surface area contributed by atoms with Gasteiger partial charge in [0.1, 0.15) is 11.5 Å². The van der Waals surface area contributed by atoms with Crippen LogP contribution in [0.1, 0.15) is 22.8 Å². The predicted octanol–water partition coefficient (Wildman–Crippen LogP) is 3.74. The van der Waals surface area contributed by atoms with Crippen LogP contribution in [0.3, 0.4) is 0 Å². The average Bonchev–Trinajstić information content (AvgIpc) is 2.60. The summed E-state index contributed by atoms with van der Waals surface area (Å²) in [5, 5.41) is 9.22. The van der Waals surface area contributed by atoms with Gasteiger partial charge in [0.05, 0.1) is 0 Å². The van der Waals surface area contributed by atoms with Crippen LogP contribution in [-0.2, 0) is 0 Å². The van der Waals surface area contributed by atoms with Crippen LogP contribution in [0.15, 0.2) is 54.6 Å². The van der Waals surface area contributed by atoms with Gasteiger partial charge >= 0.3 is 6.09 Å². The van der Waals surface area contributed by atoms with E-state index >= 15 is 0 Å². The van der Waals surface area contributed by atoms with Gasteiger partial charge in [0.2, 0.25) is 0 Å². The number of carbonyl (C=O) groups is 2. The van der Waals surface area contributed by atoms with Crippen LogP contribution in [0, 0.1) is 0 Å². The second-order valence-electron chi connectivity index (χ2n) is 5.20. The number of allylic oxidation sites excluding steroid dienone is 1. The third kappa shape index (κ3) is 4.71. The van der Waals surface area contributed by atoms with Crippen LogP contribution in [-0.4, -0.2) is 35.5 Å². The topological polar surface area (TPSA) is 66.8 Å². The van der Waals surface area contributed by atoms with E-state index in [1.807, 2.05) is 6.92 Å². The lowest BCUT2D eigenvalue weighted by molar-refractivity contribution is 0.104. The first kappa shape index (κ1) is 17.3. The van der Waals surface area contributed by atoms with E-state index in [4.69, 9.17) is 4.74 Å². The lowest BCUT2D eigenvalue weighted by atomic mass is 10.1. The molecule has 1 N–H and O–H groups in total. The standard InChI is InChI=1S/C19H19NO4/c1-3-20(2)19(23)24-17-11-7-15(8-12-17)18(22)13-6-14-4-9-16(21)10-5-14/h4-13,21H,3H2,1-2H3/b13-6+. The van der Waals surface area contributed by atoms with Gasteiger partial charge in [-0.1, -0.05) is 18.2 Å². The highest BCUT2D eigenvalue weighted by Gasteiger charge is 2.09. The molecule has 0 aliphatic carbocycles. The van der Waals surface area contributed by atoms with Crippen LogP contribution in [0.4, 0.5) is 4.79 Å². The molecule has 0 radical (unpaired) electrons. The van der Waals surface area contributed by atoms with E-state index in [0.717, 1.165) is 5.56 Å². The second kappa shape index (κ2) is 7.97. The number of rotatable bonds is 5. The summed E-state index contributed by atoms with van der Waals surface area (Å²) < 4.78 is 5.18. The lowest BCUT2D eigenvalue weighted by Crippen LogP contribution is -2.29. The minimum absolute atomic E-state index is 0.161. The van der Waals surface area contributed by atoms with Crippen LogP contribution in [0.25, 0.3) is 6.08 Å². The highest BCUT2D eigenvalue weighted by Crippen LogP contribution is 2.15. The maximum Gasteiger partial charge on any atom is 0.414 e. The van der Waals surface area contributed by atoms with Crippen molar-refractivity contribution in [2.75, 3.05) is 13.6 Å². The van der Waals surface area contributed by atoms with Crippen molar-refractivity contribution in [2.24, 2.45) is 0 Å². The number of ketones is 1. The third-order valence-electron chi connectivity index (χ3n) is 3.45. The van der Waals surface area contributed by atoms with Gasteiger partial charge < -0.3 is 14.7 Å². The molecule has 0 heterocycles. The molecule has 2 rings (SSSR count). The normalized spacial score (nSPS) is 10.6. The summed E-state index contributed by atoms with van der Waals surface area (Å²) in [5.41, 5.74) is 1.31.